The summed E-state index contributed by atoms with van der Waals surface area (Å²) in [5.41, 5.74) is 2.36. The topological polar surface area (TPSA) is 58.7 Å². The van der Waals surface area contributed by atoms with Crippen LogP contribution in [0.15, 0.2) is 59.9 Å². The van der Waals surface area contributed by atoms with E-state index in [1.807, 2.05) is 42.5 Å². The Morgan fingerprint density at radius 3 is 2.00 bits per heavy atom. The van der Waals surface area contributed by atoms with E-state index in [1.165, 1.54) is 0 Å². The van der Waals surface area contributed by atoms with Gasteiger partial charge in [0.05, 0.1) is 0 Å². The monoisotopic (exact) mass is 240 g/mol. The number of nitrogens with zero attached hydrogens (tertiary/aromatic N) is 2. The van der Waals surface area contributed by atoms with Crippen LogP contribution in [0.25, 0.3) is 12.2 Å². The van der Waals surface area contributed by atoms with Crippen molar-refractivity contribution < 1.29 is 10.1 Å². The van der Waals surface area contributed by atoms with E-state index in [-0.39, 0.29) is 10.5 Å². The molecule has 0 radical (unpaired) electrons. The summed E-state index contributed by atoms with van der Waals surface area (Å²) in [5, 5.41) is 21.9. The molecule has 0 saturated carbocycles. The van der Waals surface area contributed by atoms with Crippen LogP contribution >= 0.6 is 0 Å². The lowest BCUT2D eigenvalue weighted by Gasteiger charge is -1.97. The zero-order valence-corrected chi connectivity index (χ0v) is 9.60. The molecule has 4 nitrogen and oxygen atoms in total. The largest absolute Gasteiger partial charge is 0.592 e. The molecule has 0 spiro atoms. The van der Waals surface area contributed by atoms with Gasteiger partial charge in [-0.25, -0.2) is 0 Å². The summed E-state index contributed by atoms with van der Waals surface area (Å²) in [4.78, 5) is 0.157. The Labute approximate surface area is 105 Å². The highest BCUT2D eigenvalue weighted by atomic mass is 16.6. The second-order valence-electron chi connectivity index (χ2n) is 3.70. The molecule has 18 heavy (non-hydrogen) atoms. The van der Waals surface area contributed by atoms with Gasteiger partial charge in [0.15, 0.2) is 0 Å². The van der Waals surface area contributed by atoms with Gasteiger partial charge in [-0.05, 0) is 28.1 Å². The minimum absolute atomic E-state index is 0.157. The van der Waals surface area contributed by atoms with Crippen LogP contribution in [-0.2, 0) is 0 Å². The van der Waals surface area contributed by atoms with Gasteiger partial charge < -0.3 is 10.4 Å². The smallest absolute Gasteiger partial charge is 0.248 e. The first-order chi connectivity index (χ1) is 8.79. The van der Waals surface area contributed by atoms with Crippen molar-refractivity contribution >= 4 is 17.8 Å². The van der Waals surface area contributed by atoms with Crippen LogP contribution in [0.5, 0.6) is 0 Å². The predicted molar refractivity (Wildman–Crippen MR) is 69.3 cm³/mol. The molecule has 4 heteroatoms. The van der Waals surface area contributed by atoms with Crippen LogP contribution in [0, 0.1) is 5.21 Å². The quantitative estimate of drug-likeness (QED) is 0.383. The van der Waals surface area contributed by atoms with Crippen molar-refractivity contribution in [3.05, 3.63) is 70.9 Å². The van der Waals surface area contributed by atoms with Crippen LogP contribution in [0.4, 0.5) is 5.69 Å². The Kier molecular flexibility index (Phi) is 3.71. The van der Waals surface area contributed by atoms with Gasteiger partial charge in [-0.1, -0.05) is 42.5 Å². The fourth-order valence-electron chi connectivity index (χ4n) is 1.52. The molecule has 1 N–H and O–H groups in total. The summed E-state index contributed by atoms with van der Waals surface area (Å²) in [6.45, 7) is 0. The van der Waals surface area contributed by atoms with Crippen molar-refractivity contribution in [3.8, 4) is 0 Å². The van der Waals surface area contributed by atoms with Gasteiger partial charge in [0.25, 0.3) is 0 Å². The van der Waals surface area contributed by atoms with Crippen LogP contribution < -0.4 is 0 Å². The first-order valence-electron chi connectivity index (χ1n) is 5.45. The molecule has 2 aromatic rings. The molecular weight excluding hydrogens is 228 g/mol. The maximum Gasteiger partial charge on any atom is 0.248 e. The summed E-state index contributed by atoms with van der Waals surface area (Å²) >= 11 is 0. The van der Waals surface area contributed by atoms with Crippen molar-refractivity contribution in [2.24, 2.45) is 5.28 Å². The van der Waals surface area contributed by atoms with Gasteiger partial charge in [-0.3, -0.25) is 0 Å². The molecule has 0 aromatic heterocycles. The normalized spacial score (nSPS) is 11.9. The molecular formula is C14H12N2O2. The molecule has 0 atom stereocenters. The van der Waals surface area contributed by atoms with Gasteiger partial charge in [0, 0.05) is 12.1 Å². The molecule has 0 saturated heterocycles. The minimum Gasteiger partial charge on any atom is -0.592 e. The molecule has 0 amide bonds. The standard InChI is InChI=1S/C14H12N2O2/c17-15-16(18)14-10-8-13(9-11-14)7-6-12-4-2-1-3-5-12/h1-11,17H/b7-6?,16-15-. The van der Waals surface area contributed by atoms with E-state index in [2.05, 4.69) is 5.28 Å². The highest BCUT2D eigenvalue weighted by Gasteiger charge is 2.01. The molecule has 0 aliphatic heterocycles. The number of hydrogen-bond acceptors (Lipinski definition) is 2. The second-order valence-corrected chi connectivity index (χ2v) is 3.70. The SMILES string of the molecule is [O-]/[N+](=N\O)c1ccc(C=Cc2ccccc2)cc1. The van der Waals surface area contributed by atoms with Crippen molar-refractivity contribution in [3.63, 3.8) is 0 Å². The average Bonchev–Trinajstić information content (AvgIpc) is 2.46. The number of rotatable bonds is 3. The van der Waals surface area contributed by atoms with Crippen LogP contribution in [-0.4, -0.2) is 10.1 Å². The molecule has 0 fully saturated rings. The molecule has 2 rings (SSSR count). The molecule has 0 heterocycles. The Hall–Kier alpha value is -2.62. The third-order valence-electron chi connectivity index (χ3n) is 2.46. The first-order valence-corrected chi connectivity index (χ1v) is 5.45. The van der Waals surface area contributed by atoms with Gasteiger partial charge in [-0.2, -0.15) is 0 Å². The average molecular weight is 240 g/mol. The van der Waals surface area contributed by atoms with Gasteiger partial charge in [-0.15, -0.1) is 0 Å². The first kappa shape index (κ1) is 11.9. The van der Waals surface area contributed by atoms with Crippen LogP contribution in [0.1, 0.15) is 11.1 Å². The zero-order chi connectivity index (χ0) is 12.8. The van der Waals surface area contributed by atoms with E-state index in [4.69, 9.17) is 5.21 Å². The predicted octanol–water partition coefficient (Wildman–Crippen LogP) is 3.84. The maximum atomic E-state index is 11.0. The summed E-state index contributed by atoms with van der Waals surface area (Å²) in [6, 6.07) is 16.7. The third-order valence-corrected chi connectivity index (χ3v) is 2.46. The molecule has 0 aliphatic rings. The van der Waals surface area contributed by atoms with Gasteiger partial charge >= 0.3 is 0 Å². The lowest BCUT2D eigenvalue weighted by Crippen LogP contribution is -1.89. The van der Waals surface area contributed by atoms with Crippen LogP contribution in [0.2, 0.25) is 0 Å². The summed E-state index contributed by atoms with van der Waals surface area (Å²) in [5.74, 6) is 0. The highest BCUT2D eigenvalue weighted by molar-refractivity contribution is 5.69. The lowest BCUT2D eigenvalue weighted by atomic mass is 10.1. The fourth-order valence-corrected chi connectivity index (χ4v) is 1.52. The second kappa shape index (κ2) is 5.63. The Morgan fingerprint density at radius 2 is 1.44 bits per heavy atom. The van der Waals surface area contributed by atoms with Crippen molar-refractivity contribution in [1.29, 1.82) is 0 Å². The summed E-state index contributed by atoms with van der Waals surface area (Å²) in [7, 11) is 0. The zero-order valence-electron chi connectivity index (χ0n) is 9.60. The van der Waals surface area contributed by atoms with Crippen molar-refractivity contribution in [2.45, 2.75) is 0 Å². The van der Waals surface area contributed by atoms with E-state index in [9.17, 15) is 5.21 Å². The highest BCUT2D eigenvalue weighted by Crippen LogP contribution is 2.14. The van der Waals surface area contributed by atoms with E-state index in [1.54, 1.807) is 24.3 Å². The number of hydrogen-bond donors (Lipinski definition) is 1. The summed E-state index contributed by atoms with van der Waals surface area (Å²) in [6.07, 6.45) is 3.94. The lowest BCUT2D eigenvalue weighted by molar-refractivity contribution is -0.473. The van der Waals surface area contributed by atoms with Crippen molar-refractivity contribution in [2.75, 3.05) is 0 Å². The molecule has 90 valence electrons. The van der Waals surface area contributed by atoms with E-state index < -0.39 is 0 Å². The summed E-state index contributed by atoms with van der Waals surface area (Å²) < 4.78 is 0. The van der Waals surface area contributed by atoms with Crippen molar-refractivity contribution in [1.82, 2.24) is 0 Å². The maximum absolute atomic E-state index is 11.0. The molecule has 0 unspecified atom stereocenters. The number of benzene rings is 2. The molecule has 0 aliphatic carbocycles. The Balaban J connectivity index is 2.14. The van der Waals surface area contributed by atoms with Gasteiger partial charge in [0.1, 0.15) is 0 Å². The van der Waals surface area contributed by atoms with E-state index in [0.717, 1.165) is 11.1 Å². The molecule has 2 aromatic carbocycles. The Bertz CT molecular complexity index is 560. The minimum atomic E-state index is 0.157. The Morgan fingerprint density at radius 1 is 0.889 bits per heavy atom. The van der Waals surface area contributed by atoms with E-state index >= 15 is 0 Å². The molecule has 0 bridgehead atoms. The van der Waals surface area contributed by atoms with Crippen LogP contribution in [0.3, 0.4) is 0 Å². The van der Waals surface area contributed by atoms with Gasteiger partial charge in [0.2, 0.25) is 11.0 Å². The fraction of sp³-hybridized carbons (Fsp3) is 0. The third kappa shape index (κ3) is 2.95. The van der Waals surface area contributed by atoms with E-state index in [0.29, 0.717) is 0 Å².